The first-order valence-corrected chi connectivity index (χ1v) is 17.0. The Bertz CT molecular complexity index is 2490. The maximum atomic E-state index is 6.72. The van der Waals surface area contributed by atoms with Crippen LogP contribution in [0.1, 0.15) is 22.3 Å². The minimum absolute atomic E-state index is 0.397. The van der Waals surface area contributed by atoms with Gasteiger partial charge in [0.2, 0.25) is 0 Å². The highest BCUT2D eigenvalue weighted by Crippen LogP contribution is 2.62. The molecule has 222 valence electrons. The Morgan fingerprint density at radius 2 is 1.13 bits per heavy atom. The minimum atomic E-state index is -0.397. The van der Waals surface area contributed by atoms with Gasteiger partial charge in [0.05, 0.1) is 10.4 Å². The van der Waals surface area contributed by atoms with E-state index in [0.29, 0.717) is 5.02 Å². The van der Waals surface area contributed by atoms with Crippen LogP contribution in [-0.4, -0.2) is 0 Å². The van der Waals surface area contributed by atoms with Crippen LogP contribution in [-0.2, 0) is 5.41 Å². The molecular weight excluding hydrogens is 614 g/mol. The molecule has 7 aromatic carbocycles. The van der Waals surface area contributed by atoms with E-state index in [1.807, 2.05) is 30.0 Å². The Labute approximate surface area is 281 Å². The molecule has 0 N–H and O–H groups in total. The largest absolute Gasteiger partial charge is 0.456 e. The second-order valence-corrected chi connectivity index (χ2v) is 13.7. The molecule has 0 amide bonds. The zero-order chi connectivity index (χ0) is 31.1. The van der Waals surface area contributed by atoms with E-state index in [1.165, 1.54) is 43.2 Å². The molecule has 1 aliphatic carbocycles. The number of anilines is 3. The van der Waals surface area contributed by atoms with Crippen LogP contribution < -0.4 is 4.90 Å². The third kappa shape index (κ3) is 3.76. The van der Waals surface area contributed by atoms with Crippen molar-refractivity contribution in [2.45, 2.75) is 15.2 Å². The van der Waals surface area contributed by atoms with Crippen LogP contribution in [0, 0.1) is 0 Å². The van der Waals surface area contributed by atoms with Crippen LogP contribution in [0.15, 0.2) is 172 Å². The van der Waals surface area contributed by atoms with Gasteiger partial charge in [0.25, 0.3) is 0 Å². The molecule has 10 rings (SSSR count). The van der Waals surface area contributed by atoms with Crippen molar-refractivity contribution in [1.82, 2.24) is 0 Å². The number of furan rings is 1. The van der Waals surface area contributed by atoms with E-state index in [-0.39, 0.29) is 0 Å². The fraction of sp³-hybridized carbons (Fsp3) is 0.0233. The van der Waals surface area contributed by atoms with Crippen molar-refractivity contribution in [3.8, 4) is 11.1 Å². The lowest BCUT2D eigenvalue weighted by Crippen LogP contribution is -2.32. The summed E-state index contributed by atoms with van der Waals surface area (Å²) in [6.07, 6.45) is 0. The van der Waals surface area contributed by atoms with E-state index in [4.69, 9.17) is 16.0 Å². The molecule has 2 aliphatic rings. The molecule has 1 spiro atoms. The molecule has 0 atom stereocenters. The van der Waals surface area contributed by atoms with Crippen molar-refractivity contribution in [1.29, 1.82) is 0 Å². The Hall–Kier alpha value is -5.22. The number of halogens is 1. The number of benzene rings is 7. The van der Waals surface area contributed by atoms with Gasteiger partial charge in [0, 0.05) is 37.6 Å². The fourth-order valence-corrected chi connectivity index (χ4v) is 9.42. The minimum Gasteiger partial charge on any atom is -0.456 e. The van der Waals surface area contributed by atoms with E-state index in [2.05, 4.69) is 144 Å². The van der Waals surface area contributed by atoms with E-state index in [1.54, 1.807) is 0 Å². The standard InChI is InChI=1S/C43H26ClNOS/c44-37-18-10-19-39-42(37)32-25-28(22-24-38(32)46-39)45(27-11-2-1-3-12-27)29-21-23-36-41(26-29)47-40-20-9-8-17-35(40)43(36)33-15-6-4-13-30(33)31-14-5-7-16-34(31)43/h1-26H. The van der Waals surface area contributed by atoms with E-state index in [0.717, 1.165) is 39.0 Å². The quantitative estimate of drug-likeness (QED) is 0.191. The number of fused-ring (bicyclic) bond motifs is 12. The molecule has 2 heterocycles. The lowest BCUT2D eigenvalue weighted by Gasteiger charge is -2.40. The topological polar surface area (TPSA) is 16.4 Å². The van der Waals surface area contributed by atoms with Crippen molar-refractivity contribution in [3.05, 3.63) is 185 Å². The smallest absolute Gasteiger partial charge is 0.136 e. The summed E-state index contributed by atoms with van der Waals surface area (Å²) in [5.41, 5.74) is 12.4. The number of hydrogen-bond donors (Lipinski definition) is 0. The lowest BCUT2D eigenvalue weighted by molar-refractivity contribution is 0.669. The molecular formula is C43H26ClNOS. The Kier molecular flexibility index (Phi) is 5.81. The number of nitrogens with zero attached hydrogens (tertiary/aromatic N) is 1. The van der Waals surface area contributed by atoms with E-state index < -0.39 is 5.41 Å². The van der Waals surface area contributed by atoms with Gasteiger partial charge in [-0.3, -0.25) is 0 Å². The van der Waals surface area contributed by atoms with E-state index in [9.17, 15) is 0 Å². The summed E-state index contributed by atoms with van der Waals surface area (Å²) < 4.78 is 6.19. The summed E-state index contributed by atoms with van der Waals surface area (Å²) >= 11 is 8.58. The SMILES string of the molecule is Clc1cccc2oc3ccc(N(c4ccccc4)c4ccc5c(c4)Sc4ccccc4C54c5ccccc5-c5ccccc54)cc3c12. The molecule has 8 aromatic rings. The Balaban J connectivity index is 1.22. The van der Waals surface area contributed by atoms with E-state index >= 15 is 0 Å². The predicted molar refractivity (Wildman–Crippen MR) is 195 cm³/mol. The van der Waals surface area contributed by atoms with Crippen LogP contribution in [0.3, 0.4) is 0 Å². The first-order chi connectivity index (χ1) is 23.2. The molecule has 1 aromatic heterocycles. The molecule has 1 aliphatic heterocycles. The molecule has 0 radical (unpaired) electrons. The van der Waals surface area contributed by atoms with Crippen molar-refractivity contribution >= 4 is 62.4 Å². The van der Waals surface area contributed by atoms with Gasteiger partial charge in [-0.05, 0) is 94.0 Å². The second-order valence-electron chi connectivity index (χ2n) is 12.2. The van der Waals surface area contributed by atoms with Crippen molar-refractivity contribution < 1.29 is 4.42 Å². The normalized spacial score (nSPS) is 13.7. The van der Waals surface area contributed by atoms with Crippen LogP contribution in [0.25, 0.3) is 33.1 Å². The monoisotopic (exact) mass is 639 g/mol. The van der Waals surface area contributed by atoms with Gasteiger partial charge >= 0.3 is 0 Å². The highest BCUT2D eigenvalue weighted by Gasteiger charge is 2.50. The third-order valence-electron chi connectivity index (χ3n) is 9.79. The molecule has 0 saturated heterocycles. The van der Waals surface area contributed by atoms with Crippen molar-refractivity contribution in [3.63, 3.8) is 0 Å². The van der Waals surface area contributed by atoms with Gasteiger partial charge in [-0.1, -0.05) is 120 Å². The molecule has 0 bridgehead atoms. The summed E-state index contributed by atoms with van der Waals surface area (Å²) in [5, 5.41) is 2.64. The van der Waals surface area contributed by atoms with Crippen molar-refractivity contribution in [2.24, 2.45) is 0 Å². The van der Waals surface area contributed by atoms with Crippen LogP contribution >= 0.6 is 23.4 Å². The zero-order valence-electron chi connectivity index (χ0n) is 25.2. The molecule has 2 nitrogen and oxygen atoms in total. The second kappa shape index (κ2) is 10.1. The average Bonchev–Trinajstić information content (AvgIpc) is 3.64. The highest BCUT2D eigenvalue weighted by atomic mass is 35.5. The summed E-state index contributed by atoms with van der Waals surface area (Å²) in [6.45, 7) is 0. The summed E-state index contributed by atoms with van der Waals surface area (Å²) in [5.74, 6) is 0. The number of hydrogen-bond acceptors (Lipinski definition) is 3. The van der Waals surface area contributed by atoms with Crippen LogP contribution in [0.2, 0.25) is 5.02 Å². The first-order valence-electron chi connectivity index (χ1n) is 15.8. The lowest BCUT2D eigenvalue weighted by atomic mass is 9.67. The Morgan fingerprint density at radius 1 is 0.489 bits per heavy atom. The highest BCUT2D eigenvalue weighted by molar-refractivity contribution is 7.99. The van der Waals surface area contributed by atoms with Gasteiger partial charge in [-0.15, -0.1) is 0 Å². The summed E-state index contributed by atoms with van der Waals surface area (Å²) in [7, 11) is 0. The van der Waals surface area contributed by atoms with Gasteiger partial charge < -0.3 is 9.32 Å². The Morgan fingerprint density at radius 3 is 1.91 bits per heavy atom. The number of para-hydroxylation sites is 1. The maximum absolute atomic E-state index is 6.72. The molecule has 0 fully saturated rings. The zero-order valence-corrected chi connectivity index (χ0v) is 26.7. The molecule has 4 heteroatoms. The van der Waals surface area contributed by atoms with Gasteiger partial charge in [0.15, 0.2) is 0 Å². The average molecular weight is 640 g/mol. The maximum Gasteiger partial charge on any atom is 0.136 e. The third-order valence-corrected chi connectivity index (χ3v) is 11.2. The first kappa shape index (κ1) is 26.9. The fourth-order valence-electron chi connectivity index (χ4n) is 7.92. The van der Waals surface area contributed by atoms with Crippen molar-refractivity contribution in [2.75, 3.05) is 4.90 Å². The van der Waals surface area contributed by atoms with Crippen LogP contribution in [0.4, 0.5) is 17.1 Å². The molecule has 0 unspecified atom stereocenters. The summed E-state index contributed by atoms with van der Waals surface area (Å²) in [6, 6.07) is 56.7. The summed E-state index contributed by atoms with van der Waals surface area (Å²) in [4.78, 5) is 4.88. The predicted octanol–water partition coefficient (Wildman–Crippen LogP) is 12.5. The number of rotatable bonds is 3. The van der Waals surface area contributed by atoms with Gasteiger partial charge in [-0.25, -0.2) is 0 Å². The van der Waals surface area contributed by atoms with Gasteiger partial charge in [0.1, 0.15) is 11.2 Å². The van der Waals surface area contributed by atoms with Crippen LogP contribution in [0.5, 0.6) is 0 Å². The molecule has 47 heavy (non-hydrogen) atoms. The van der Waals surface area contributed by atoms with Gasteiger partial charge in [-0.2, -0.15) is 0 Å². The molecule has 0 saturated carbocycles.